The molecule has 0 aliphatic carbocycles. The summed E-state index contributed by atoms with van der Waals surface area (Å²) in [6, 6.07) is 2.12. The maximum absolute atomic E-state index is 4.26. The van der Waals surface area contributed by atoms with E-state index in [2.05, 4.69) is 29.9 Å². The van der Waals surface area contributed by atoms with E-state index in [-0.39, 0.29) is 0 Å². The van der Waals surface area contributed by atoms with Crippen LogP contribution in [0.3, 0.4) is 0 Å². The summed E-state index contributed by atoms with van der Waals surface area (Å²) in [6.45, 7) is 4.34. The van der Waals surface area contributed by atoms with Crippen molar-refractivity contribution in [1.29, 1.82) is 0 Å². The second-order valence-electron chi connectivity index (χ2n) is 3.22. The summed E-state index contributed by atoms with van der Waals surface area (Å²) in [7, 11) is 0. The highest BCUT2D eigenvalue weighted by Gasteiger charge is 1.97. The smallest absolute Gasteiger partial charge is 0.115 e. The van der Waals surface area contributed by atoms with Crippen LogP contribution in [0.4, 0.5) is 0 Å². The zero-order valence-corrected chi connectivity index (χ0v) is 9.81. The van der Waals surface area contributed by atoms with E-state index >= 15 is 0 Å². The van der Waals surface area contributed by atoms with Crippen LogP contribution in [-0.2, 0) is 12.8 Å². The molecule has 0 saturated carbocycles. The van der Waals surface area contributed by atoms with E-state index in [4.69, 9.17) is 0 Å². The summed E-state index contributed by atoms with van der Waals surface area (Å²) in [6.07, 6.45) is 5.01. The quantitative estimate of drug-likeness (QED) is 0.675. The third kappa shape index (κ3) is 4.09. The molecule has 1 aromatic heterocycles. The van der Waals surface area contributed by atoms with E-state index < -0.39 is 0 Å². The molecule has 0 spiro atoms. The van der Waals surface area contributed by atoms with E-state index in [1.54, 1.807) is 6.33 Å². The molecule has 0 fully saturated rings. The van der Waals surface area contributed by atoms with Crippen molar-refractivity contribution in [2.75, 3.05) is 11.5 Å². The number of thioether (sulfide) groups is 1. The van der Waals surface area contributed by atoms with E-state index in [0.29, 0.717) is 0 Å². The zero-order valence-electron chi connectivity index (χ0n) is 8.99. The summed E-state index contributed by atoms with van der Waals surface area (Å²) in [5, 5.41) is 0. The van der Waals surface area contributed by atoms with Gasteiger partial charge in [-0.3, -0.25) is 0 Å². The van der Waals surface area contributed by atoms with E-state index in [1.807, 2.05) is 11.8 Å². The second-order valence-corrected chi connectivity index (χ2v) is 4.44. The largest absolute Gasteiger partial charge is 0.241 e. The van der Waals surface area contributed by atoms with Crippen LogP contribution < -0.4 is 0 Å². The maximum atomic E-state index is 4.26. The molecule has 3 heteroatoms. The van der Waals surface area contributed by atoms with Crippen LogP contribution in [0.5, 0.6) is 0 Å². The number of nitrogens with zero attached hydrogens (tertiary/aromatic N) is 2. The van der Waals surface area contributed by atoms with Gasteiger partial charge in [0, 0.05) is 11.4 Å². The highest BCUT2D eigenvalue weighted by atomic mass is 32.2. The molecule has 1 heterocycles. The van der Waals surface area contributed by atoms with Crippen LogP contribution in [0, 0.1) is 0 Å². The van der Waals surface area contributed by atoms with Gasteiger partial charge in [-0.25, -0.2) is 9.97 Å². The molecule has 0 bridgehead atoms. The van der Waals surface area contributed by atoms with Crippen LogP contribution in [0.1, 0.15) is 31.7 Å². The van der Waals surface area contributed by atoms with Crippen molar-refractivity contribution in [3.63, 3.8) is 0 Å². The Hall–Kier alpha value is -0.570. The van der Waals surface area contributed by atoms with Crippen molar-refractivity contribution in [2.24, 2.45) is 0 Å². The Balaban J connectivity index is 2.34. The van der Waals surface area contributed by atoms with Crippen molar-refractivity contribution < 1.29 is 0 Å². The molecule has 1 aromatic rings. The van der Waals surface area contributed by atoms with E-state index in [1.165, 1.54) is 23.6 Å². The first-order chi connectivity index (χ1) is 6.86. The Bertz CT molecular complexity index is 263. The third-order valence-corrected chi connectivity index (χ3v) is 3.18. The van der Waals surface area contributed by atoms with Gasteiger partial charge in [-0.1, -0.05) is 13.8 Å². The lowest BCUT2D eigenvalue weighted by molar-refractivity contribution is 0.938. The van der Waals surface area contributed by atoms with Crippen molar-refractivity contribution >= 4 is 11.8 Å². The van der Waals surface area contributed by atoms with Gasteiger partial charge < -0.3 is 0 Å². The summed E-state index contributed by atoms with van der Waals surface area (Å²) < 4.78 is 0. The molecule has 0 aromatic carbocycles. The summed E-state index contributed by atoms with van der Waals surface area (Å²) >= 11 is 2.00. The second kappa shape index (κ2) is 6.82. The molecule has 0 aliphatic heterocycles. The number of hydrogen-bond donors (Lipinski definition) is 0. The van der Waals surface area contributed by atoms with Gasteiger partial charge in [0.2, 0.25) is 0 Å². The van der Waals surface area contributed by atoms with E-state index in [9.17, 15) is 0 Å². The Morgan fingerprint density at radius 2 is 1.93 bits per heavy atom. The van der Waals surface area contributed by atoms with Gasteiger partial charge in [0.25, 0.3) is 0 Å². The number of aromatic nitrogens is 2. The Kier molecular flexibility index (Phi) is 5.60. The van der Waals surface area contributed by atoms with Gasteiger partial charge in [0.1, 0.15) is 6.33 Å². The molecule has 14 heavy (non-hydrogen) atoms. The molecule has 0 unspecified atom stereocenters. The van der Waals surface area contributed by atoms with Crippen molar-refractivity contribution in [2.45, 2.75) is 33.1 Å². The van der Waals surface area contributed by atoms with Crippen LogP contribution in [0.15, 0.2) is 12.4 Å². The van der Waals surface area contributed by atoms with Gasteiger partial charge in [-0.15, -0.1) is 0 Å². The highest BCUT2D eigenvalue weighted by molar-refractivity contribution is 7.99. The zero-order chi connectivity index (χ0) is 10.2. The molecule has 2 nitrogen and oxygen atoms in total. The molecule has 0 radical (unpaired) electrons. The molecule has 1 rings (SSSR count). The minimum atomic E-state index is 0.998. The topological polar surface area (TPSA) is 25.8 Å². The Morgan fingerprint density at radius 3 is 2.64 bits per heavy atom. The molecule has 0 saturated heterocycles. The minimum Gasteiger partial charge on any atom is -0.241 e. The predicted octanol–water partition coefficient (Wildman–Crippen LogP) is 2.72. The standard InChI is InChI=1S/C11H18N2S/c1-3-6-14-7-5-11-8-10(4-2)12-9-13-11/h8-9H,3-7H2,1-2H3. The lowest BCUT2D eigenvalue weighted by atomic mass is 10.2. The molecule has 0 amide bonds. The average molecular weight is 210 g/mol. The monoisotopic (exact) mass is 210 g/mol. The van der Waals surface area contributed by atoms with Crippen molar-refractivity contribution in [3.05, 3.63) is 23.8 Å². The fourth-order valence-corrected chi connectivity index (χ4v) is 2.04. The molecule has 0 atom stereocenters. The van der Waals surface area contributed by atoms with Crippen molar-refractivity contribution in [1.82, 2.24) is 9.97 Å². The van der Waals surface area contributed by atoms with E-state index in [0.717, 1.165) is 18.5 Å². The first-order valence-corrected chi connectivity index (χ1v) is 6.39. The molecule has 0 aliphatic rings. The van der Waals surface area contributed by atoms with Gasteiger partial charge in [0.05, 0.1) is 0 Å². The van der Waals surface area contributed by atoms with Gasteiger partial charge >= 0.3 is 0 Å². The maximum Gasteiger partial charge on any atom is 0.115 e. The Labute approximate surface area is 90.5 Å². The molecule has 78 valence electrons. The number of hydrogen-bond acceptors (Lipinski definition) is 3. The lowest BCUT2D eigenvalue weighted by Gasteiger charge is -2.01. The first kappa shape index (κ1) is 11.5. The average Bonchev–Trinajstić information content (AvgIpc) is 2.25. The fourth-order valence-electron chi connectivity index (χ4n) is 1.20. The normalized spacial score (nSPS) is 10.4. The summed E-state index contributed by atoms with van der Waals surface area (Å²) in [4.78, 5) is 8.44. The SMILES string of the molecule is CCCSCCc1cc(CC)ncn1. The minimum absolute atomic E-state index is 0.998. The number of rotatable bonds is 6. The Morgan fingerprint density at radius 1 is 1.14 bits per heavy atom. The molecular weight excluding hydrogens is 192 g/mol. The van der Waals surface area contributed by atoms with Gasteiger partial charge in [-0.05, 0) is 36.8 Å². The van der Waals surface area contributed by atoms with Gasteiger partial charge in [-0.2, -0.15) is 11.8 Å². The highest BCUT2D eigenvalue weighted by Crippen LogP contribution is 2.07. The van der Waals surface area contributed by atoms with Crippen LogP contribution in [0.2, 0.25) is 0 Å². The first-order valence-electron chi connectivity index (χ1n) is 5.24. The lowest BCUT2D eigenvalue weighted by Crippen LogP contribution is -1.97. The molecule has 0 N–H and O–H groups in total. The summed E-state index contributed by atoms with van der Waals surface area (Å²) in [5.41, 5.74) is 2.33. The van der Waals surface area contributed by atoms with Crippen LogP contribution >= 0.6 is 11.8 Å². The third-order valence-electron chi connectivity index (χ3n) is 1.99. The van der Waals surface area contributed by atoms with Crippen LogP contribution in [0.25, 0.3) is 0 Å². The van der Waals surface area contributed by atoms with Crippen LogP contribution in [-0.4, -0.2) is 21.5 Å². The fraction of sp³-hybridized carbons (Fsp3) is 0.636. The molecular formula is C11H18N2S. The predicted molar refractivity (Wildman–Crippen MR) is 62.7 cm³/mol. The number of aryl methyl sites for hydroxylation is 2. The van der Waals surface area contributed by atoms with Gasteiger partial charge in [0.15, 0.2) is 0 Å². The summed E-state index contributed by atoms with van der Waals surface area (Å²) in [5.74, 6) is 2.43. The van der Waals surface area contributed by atoms with Crippen molar-refractivity contribution in [3.8, 4) is 0 Å².